The zero-order valence-corrected chi connectivity index (χ0v) is 10.8. The molecule has 0 atom stereocenters. The monoisotopic (exact) mass is 304 g/mol. The van der Waals surface area contributed by atoms with Crippen molar-refractivity contribution in [2.24, 2.45) is 5.29 Å². The third-order valence-electron chi connectivity index (χ3n) is 2.67. The fourth-order valence-electron chi connectivity index (χ4n) is 1.93. The zero-order chi connectivity index (χ0) is 11.5. The van der Waals surface area contributed by atoms with Gasteiger partial charge >= 0.3 is 0 Å². The molecule has 16 heavy (non-hydrogen) atoms. The molecule has 5 nitrogen and oxygen atoms in total. The first-order valence-corrected chi connectivity index (χ1v) is 6.20. The fraction of sp³-hybridized carbons (Fsp3) is 0.556. The summed E-state index contributed by atoms with van der Waals surface area (Å²) in [6.45, 7) is 0. The highest BCUT2D eigenvalue weighted by atomic mass is 79.9. The molecule has 1 aromatic heterocycles. The van der Waals surface area contributed by atoms with E-state index in [1.54, 1.807) is 0 Å². The molecule has 2 rings (SSSR count). The van der Waals surface area contributed by atoms with Crippen LogP contribution >= 0.6 is 27.5 Å². The maximum atomic E-state index is 10.9. The van der Waals surface area contributed by atoms with Crippen LogP contribution in [-0.2, 0) is 0 Å². The smallest absolute Gasteiger partial charge is 0.224 e. The third-order valence-corrected chi connectivity index (χ3v) is 3.41. The molecule has 1 aromatic rings. The number of hydrogen-bond acceptors (Lipinski definition) is 4. The Bertz CT molecular complexity index is 397. The van der Waals surface area contributed by atoms with Gasteiger partial charge in [-0.1, -0.05) is 12.8 Å². The predicted octanol–water partition coefficient (Wildman–Crippen LogP) is 3.32. The van der Waals surface area contributed by atoms with Gasteiger partial charge in [-0.25, -0.2) is 9.99 Å². The van der Waals surface area contributed by atoms with Crippen molar-refractivity contribution in [2.75, 3.05) is 5.01 Å². The molecule has 1 saturated carbocycles. The van der Waals surface area contributed by atoms with Gasteiger partial charge in [-0.2, -0.15) is 4.98 Å². The van der Waals surface area contributed by atoms with Crippen LogP contribution in [0.4, 0.5) is 5.82 Å². The summed E-state index contributed by atoms with van der Waals surface area (Å²) in [5.41, 5.74) is 0. The molecular formula is C9H10BrClN4O. The molecule has 86 valence electrons. The average Bonchev–Trinajstić information content (AvgIpc) is 2.78. The Balaban J connectivity index is 2.31. The molecule has 1 heterocycles. The standard InChI is InChI=1S/C9H10BrClN4O/c10-7-5-12-9(11)13-8(7)15(14-16)6-3-1-2-4-6/h5-6H,1-4H2. The Hall–Kier alpha value is -0.750. The number of nitrogens with zero attached hydrogens (tertiary/aromatic N) is 4. The normalized spacial score (nSPS) is 16.4. The van der Waals surface area contributed by atoms with E-state index >= 15 is 0 Å². The first kappa shape index (κ1) is 11.7. The van der Waals surface area contributed by atoms with E-state index < -0.39 is 0 Å². The lowest BCUT2D eigenvalue weighted by Crippen LogP contribution is -2.28. The molecule has 0 saturated heterocycles. The highest BCUT2D eigenvalue weighted by molar-refractivity contribution is 9.10. The molecule has 0 unspecified atom stereocenters. The van der Waals surface area contributed by atoms with Crippen molar-refractivity contribution in [1.82, 2.24) is 9.97 Å². The first-order valence-electron chi connectivity index (χ1n) is 5.03. The fourth-order valence-corrected chi connectivity index (χ4v) is 2.43. The first-order chi connectivity index (χ1) is 7.72. The van der Waals surface area contributed by atoms with Crippen molar-refractivity contribution >= 4 is 33.3 Å². The summed E-state index contributed by atoms with van der Waals surface area (Å²) in [7, 11) is 0. The van der Waals surface area contributed by atoms with Crippen molar-refractivity contribution in [3.63, 3.8) is 0 Å². The minimum Gasteiger partial charge on any atom is -0.225 e. The average molecular weight is 306 g/mol. The van der Waals surface area contributed by atoms with E-state index in [9.17, 15) is 4.91 Å². The van der Waals surface area contributed by atoms with Crippen LogP contribution in [0.25, 0.3) is 0 Å². The van der Waals surface area contributed by atoms with Gasteiger partial charge < -0.3 is 0 Å². The third kappa shape index (κ3) is 2.32. The van der Waals surface area contributed by atoms with Crippen LogP contribution in [0, 0.1) is 4.91 Å². The van der Waals surface area contributed by atoms with Crippen LogP contribution < -0.4 is 5.01 Å². The molecule has 0 N–H and O–H groups in total. The highest BCUT2D eigenvalue weighted by Gasteiger charge is 2.26. The Kier molecular flexibility index (Phi) is 3.70. The molecule has 0 amide bonds. The SMILES string of the molecule is O=NN(c1nc(Cl)ncc1Br)C1CCCC1. The lowest BCUT2D eigenvalue weighted by Gasteiger charge is -2.21. The van der Waals surface area contributed by atoms with Crippen LogP contribution in [0.15, 0.2) is 16.0 Å². The van der Waals surface area contributed by atoms with Gasteiger partial charge in [0.05, 0.1) is 15.8 Å². The lowest BCUT2D eigenvalue weighted by atomic mass is 10.2. The second-order valence-corrected chi connectivity index (χ2v) is 4.87. The Morgan fingerprint density at radius 2 is 2.19 bits per heavy atom. The lowest BCUT2D eigenvalue weighted by molar-refractivity contribution is 0.613. The molecule has 0 aliphatic heterocycles. The highest BCUT2D eigenvalue weighted by Crippen LogP contribution is 2.31. The summed E-state index contributed by atoms with van der Waals surface area (Å²) in [6, 6.07) is 0.125. The minimum absolute atomic E-state index is 0.116. The van der Waals surface area contributed by atoms with E-state index in [0.29, 0.717) is 10.3 Å². The quantitative estimate of drug-likeness (QED) is 0.488. The van der Waals surface area contributed by atoms with Gasteiger partial charge in [-0.15, -0.1) is 4.91 Å². The molecule has 1 aliphatic rings. The van der Waals surface area contributed by atoms with E-state index in [1.165, 1.54) is 11.2 Å². The molecule has 7 heteroatoms. The summed E-state index contributed by atoms with van der Waals surface area (Å²) in [6.07, 6.45) is 5.68. The summed E-state index contributed by atoms with van der Waals surface area (Å²) in [5, 5.41) is 4.56. The van der Waals surface area contributed by atoms with E-state index in [-0.39, 0.29) is 11.3 Å². The number of anilines is 1. The van der Waals surface area contributed by atoms with Gasteiger partial charge in [0.25, 0.3) is 0 Å². The van der Waals surface area contributed by atoms with Crippen LogP contribution in [-0.4, -0.2) is 16.0 Å². The molecule has 0 spiro atoms. The number of halogens is 2. The molecule has 0 bridgehead atoms. The molecule has 1 fully saturated rings. The predicted molar refractivity (Wildman–Crippen MR) is 65.3 cm³/mol. The maximum Gasteiger partial charge on any atom is 0.224 e. The van der Waals surface area contributed by atoms with E-state index in [1.807, 2.05) is 0 Å². The summed E-state index contributed by atoms with van der Waals surface area (Å²) in [4.78, 5) is 18.8. The van der Waals surface area contributed by atoms with E-state index in [2.05, 4.69) is 31.2 Å². The van der Waals surface area contributed by atoms with Crippen molar-refractivity contribution in [1.29, 1.82) is 0 Å². The van der Waals surface area contributed by atoms with Crippen LogP contribution in [0.1, 0.15) is 25.7 Å². The van der Waals surface area contributed by atoms with Crippen molar-refractivity contribution in [3.8, 4) is 0 Å². The van der Waals surface area contributed by atoms with Crippen molar-refractivity contribution < 1.29 is 0 Å². The summed E-state index contributed by atoms with van der Waals surface area (Å²) in [5.74, 6) is 0.446. The minimum atomic E-state index is 0.116. The van der Waals surface area contributed by atoms with Gasteiger partial charge in [0.15, 0.2) is 5.82 Å². The molecule has 0 radical (unpaired) electrons. The summed E-state index contributed by atoms with van der Waals surface area (Å²) >= 11 is 9.01. The maximum absolute atomic E-state index is 10.9. The van der Waals surface area contributed by atoms with Gasteiger partial charge in [0, 0.05) is 6.20 Å². The second kappa shape index (κ2) is 5.05. The Morgan fingerprint density at radius 3 is 2.81 bits per heavy atom. The van der Waals surface area contributed by atoms with Gasteiger partial charge in [0.2, 0.25) is 5.28 Å². The number of rotatable bonds is 3. The van der Waals surface area contributed by atoms with E-state index in [0.717, 1.165) is 25.7 Å². The Morgan fingerprint density at radius 1 is 1.50 bits per heavy atom. The second-order valence-electron chi connectivity index (χ2n) is 3.68. The van der Waals surface area contributed by atoms with Gasteiger partial charge in [-0.3, -0.25) is 0 Å². The molecule has 0 aromatic carbocycles. The number of aromatic nitrogens is 2. The van der Waals surface area contributed by atoms with Gasteiger partial charge in [-0.05, 0) is 40.4 Å². The van der Waals surface area contributed by atoms with Crippen molar-refractivity contribution in [3.05, 3.63) is 20.9 Å². The largest absolute Gasteiger partial charge is 0.225 e. The van der Waals surface area contributed by atoms with Crippen LogP contribution in [0.5, 0.6) is 0 Å². The summed E-state index contributed by atoms with van der Waals surface area (Å²) < 4.78 is 0.628. The number of nitroso groups, excluding NO2 is 1. The number of hydrogen-bond donors (Lipinski definition) is 0. The van der Waals surface area contributed by atoms with Crippen molar-refractivity contribution in [2.45, 2.75) is 31.7 Å². The van der Waals surface area contributed by atoms with Gasteiger partial charge in [0.1, 0.15) is 0 Å². The van der Waals surface area contributed by atoms with Crippen LogP contribution in [0.3, 0.4) is 0 Å². The zero-order valence-electron chi connectivity index (χ0n) is 8.44. The topological polar surface area (TPSA) is 58.5 Å². The molecule has 1 aliphatic carbocycles. The van der Waals surface area contributed by atoms with Crippen LogP contribution in [0.2, 0.25) is 5.28 Å². The molecular weight excluding hydrogens is 295 g/mol. The van der Waals surface area contributed by atoms with E-state index in [4.69, 9.17) is 11.6 Å². The Labute approximate surface area is 106 Å².